The Hall–Kier alpha value is -1.59. The second kappa shape index (κ2) is 7.34. The third-order valence-corrected chi connectivity index (χ3v) is 7.48. The molecule has 0 N–H and O–H groups in total. The molecule has 2 aromatic rings. The summed E-state index contributed by atoms with van der Waals surface area (Å²) in [5, 5.41) is 10.3. The molecule has 0 amide bonds. The number of benzene rings is 1. The number of ether oxygens (including phenoxy) is 1. The van der Waals surface area contributed by atoms with Crippen LogP contribution in [0.2, 0.25) is 25.7 Å². The number of fused-ring (bicyclic) bond motifs is 1. The first-order valence-corrected chi connectivity index (χ1v) is 13.6. The van der Waals surface area contributed by atoms with Crippen molar-refractivity contribution >= 4 is 31.6 Å². The van der Waals surface area contributed by atoms with Gasteiger partial charge in [-0.1, -0.05) is 25.7 Å². The predicted molar refractivity (Wildman–Crippen MR) is 116 cm³/mol. The number of rotatable bonds is 6. The van der Waals surface area contributed by atoms with Gasteiger partial charge in [-0.25, -0.2) is 0 Å². The molecular weight excluding hydrogens is 367 g/mol. The minimum Gasteiger partial charge on any atom is -0.399 e. The number of nitrogens with zero attached hydrogens (tertiary/aromatic N) is 2. The molecule has 28 heavy (non-hydrogen) atoms. The Bertz CT molecular complexity index is 893. The molecule has 5 nitrogen and oxygen atoms in total. The van der Waals surface area contributed by atoms with Crippen LogP contribution in [0.15, 0.2) is 24.4 Å². The van der Waals surface area contributed by atoms with E-state index in [4.69, 9.17) is 14.0 Å². The van der Waals surface area contributed by atoms with Crippen molar-refractivity contribution in [3.05, 3.63) is 30.0 Å². The predicted octanol–water partition coefficient (Wildman–Crippen LogP) is 4.12. The van der Waals surface area contributed by atoms with Gasteiger partial charge in [0.15, 0.2) is 0 Å². The molecule has 0 radical (unpaired) electrons. The monoisotopic (exact) mass is 398 g/mol. The van der Waals surface area contributed by atoms with Gasteiger partial charge in [-0.2, -0.15) is 5.26 Å². The first-order valence-electron chi connectivity index (χ1n) is 9.90. The van der Waals surface area contributed by atoms with Crippen LogP contribution in [0.3, 0.4) is 0 Å². The maximum Gasteiger partial charge on any atom is 0.497 e. The van der Waals surface area contributed by atoms with Crippen LogP contribution in [-0.2, 0) is 20.8 Å². The molecule has 1 aliphatic rings. The van der Waals surface area contributed by atoms with E-state index in [0.717, 1.165) is 29.0 Å². The highest BCUT2D eigenvalue weighted by Crippen LogP contribution is 2.37. The summed E-state index contributed by atoms with van der Waals surface area (Å²) in [4.78, 5) is 0. The second-order valence-electron chi connectivity index (χ2n) is 9.83. The lowest BCUT2D eigenvalue weighted by atomic mass is 9.79. The largest absolute Gasteiger partial charge is 0.497 e. The lowest BCUT2D eigenvalue weighted by molar-refractivity contribution is 0.00578. The smallest absolute Gasteiger partial charge is 0.399 e. The molecule has 1 aromatic carbocycles. The topological polar surface area (TPSA) is 56.4 Å². The van der Waals surface area contributed by atoms with Gasteiger partial charge in [0.25, 0.3) is 0 Å². The Morgan fingerprint density at radius 3 is 2.36 bits per heavy atom. The fourth-order valence-electron chi connectivity index (χ4n) is 3.20. The summed E-state index contributed by atoms with van der Waals surface area (Å²) in [6.07, 6.45) is 2.04. The zero-order valence-corrected chi connectivity index (χ0v) is 19.1. The summed E-state index contributed by atoms with van der Waals surface area (Å²) in [6.45, 7) is 16.5. The minimum atomic E-state index is -1.13. The highest BCUT2D eigenvalue weighted by atomic mass is 28.3. The highest BCUT2D eigenvalue weighted by Gasteiger charge is 2.52. The van der Waals surface area contributed by atoms with Crippen molar-refractivity contribution in [2.24, 2.45) is 0 Å². The Morgan fingerprint density at radius 1 is 1.14 bits per heavy atom. The van der Waals surface area contributed by atoms with Gasteiger partial charge in [0.1, 0.15) is 6.73 Å². The SMILES string of the molecule is CC1(C)OB(c2cn(COCC[Si](C)(C)C)c3cc(C#N)ccc23)OC1(C)C. The maximum atomic E-state index is 9.31. The van der Waals surface area contributed by atoms with Crippen LogP contribution in [-0.4, -0.2) is 37.6 Å². The minimum absolute atomic E-state index is 0.396. The molecule has 2 heterocycles. The average molecular weight is 398 g/mol. The van der Waals surface area contributed by atoms with E-state index in [-0.39, 0.29) is 0 Å². The lowest BCUT2D eigenvalue weighted by Crippen LogP contribution is -2.41. The number of nitriles is 1. The van der Waals surface area contributed by atoms with Crippen molar-refractivity contribution in [2.45, 2.75) is 71.3 Å². The molecule has 0 spiro atoms. The van der Waals surface area contributed by atoms with Gasteiger partial charge in [0, 0.05) is 26.3 Å². The first kappa shape index (κ1) is 21.1. The molecule has 150 valence electrons. The Kier molecular flexibility index (Phi) is 5.54. The third kappa shape index (κ3) is 4.20. The number of aromatic nitrogens is 1. The van der Waals surface area contributed by atoms with Gasteiger partial charge in [-0.15, -0.1) is 0 Å². The van der Waals surface area contributed by atoms with Gasteiger partial charge >= 0.3 is 7.12 Å². The van der Waals surface area contributed by atoms with Gasteiger partial charge in [0.05, 0.1) is 28.4 Å². The molecule has 0 bridgehead atoms. The van der Waals surface area contributed by atoms with Gasteiger partial charge < -0.3 is 18.6 Å². The molecule has 0 unspecified atom stereocenters. The summed E-state index contributed by atoms with van der Waals surface area (Å²) < 4.78 is 20.5. The Labute approximate surface area is 169 Å². The molecule has 1 aromatic heterocycles. The number of hydrogen-bond donors (Lipinski definition) is 0. The van der Waals surface area contributed by atoms with E-state index >= 15 is 0 Å². The average Bonchev–Trinajstić information content (AvgIpc) is 3.04. The zero-order valence-electron chi connectivity index (χ0n) is 18.1. The van der Waals surface area contributed by atoms with Gasteiger partial charge in [-0.3, -0.25) is 0 Å². The van der Waals surface area contributed by atoms with Crippen LogP contribution < -0.4 is 5.46 Å². The quantitative estimate of drug-likeness (QED) is 0.543. The lowest BCUT2D eigenvalue weighted by Gasteiger charge is -2.32. The van der Waals surface area contributed by atoms with E-state index in [1.165, 1.54) is 0 Å². The zero-order chi connectivity index (χ0) is 20.7. The molecule has 7 heteroatoms. The maximum absolute atomic E-state index is 9.31. The van der Waals surface area contributed by atoms with Crippen molar-refractivity contribution < 1.29 is 14.0 Å². The van der Waals surface area contributed by atoms with Crippen molar-refractivity contribution in [3.8, 4) is 6.07 Å². The molecule has 0 aliphatic carbocycles. The first-order chi connectivity index (χ1) is 12.9. The van der Waals surface area contributed by atoms with E-state index < -0.39 is 26.4 Å². The molecule has 0 saturated carbocycles. The van der Waals surface area contributed by atoms with Crippen molar-refractivity contribution in [3.63, 3.8) is 0 Å². The molecular formula is C21H31BN2O3Si. The fraction of sp³-hybridized carbons (Fsp3) is 0.571. The van der Waals surface area contributed by atoms with Crippen LogP contribution in [0.25, 0.3) is 10.9 Å². The molecule has 1 fully saturated rings. The molecule has 3 rings (SSSR count). The van der Waals surface area contributed by atoms with E-state index in [1.54, 1.807) is 0 Å². The van der Waals surface area contributed by atoms with Crippen LogP contribution >= 0.6 is 0 Å². The Morgan fingerprint density at radius 2 is 1.79 bits per heavy atom. The summed E-state index contributed by atoms with van der Waals surface area (Å²) in [5.41, 5.74) is 1.79. The van der Waals surface area contributed by atoms with Gasteiger partial charge in [-0.05, 0) is 51.3 Å². The summed E-state index contributed by atoms with van der Waals surface area (Å²) in [7, 11) is -1.57. The molecule has 1 saturated heterocycles. The van der Waals surface area contributed by atoms with Crippen molar-refractivity contribution in [1.29, 1.82) is 5.26 Å². The van der Waals surface area contributed by atoms with Gasteiger partial charge in [0.2, 0.25) is 0 Å². The summed E-state index contributed by atoms with van der Waals surface area (Å²) in [5.74, 6) is 0. The normalized spacial score (nSPS) is 18.6. The second-order valence-corrected chi connectivity index (χ2v) is 15.5. The van der Waals surface area contributed by atoms with Crippen LogP contribution in [0.5, 0.6) is 0 Å². The molecule has 0 atom stereocenters. The fourth-order valence-corrected chi connectivity index (χ4v) is 3.95. The van der Waals surface area contributed by atoms with Crippen LogP contribution in [0.1, 0.15) is 33.3 Å². The van der Waals surface area contributed by atoms with Crippen molar-refractivity contribution in [1.82, 2.24) is 4.57 Å². The van der Waals surface area contributed by atoms with E-state index in [1.807, 2.05) is 24.4 Å². The molecule has 1 aliphatic heterocycles. The van der Waals surface area contributed by atoms with E-state index in [2.05, 4.69) is 58.0 Å². The number of hydrogen-bond acceptors (Lipinski definition) is 4. The Balaban J connectivity index is 1.91. The van der Waals surface area contributed by atoms with E-state index in [9.17, 15) is 5.26 Å². The van der Waals surface area contributed by atoms with E-state index in [0.29, 0.717) is 12.3 Å². The third-order valence-electron chi connectivity index (χ3n) is 5.78. The summed E-state index contributed by atoms with van der Waals surface area (Å²) >= 11 is 0. The summed E-state index contributed by atoms with van der Waals surface area (Å²) in [6, 6.07) is 9.08. The standard InChI is InChI=1S/C21H31BN2O3Si/c1-20(2)21(3,4)27-22(26-20)18-14-24(15-25-10-11-28(5,6)7)19-12-16(13-23)8-9-17(18)19/h8-9,12,14H,10-11,15H2,1-7H3. The highest BCUT2D eigenvalue weighted by molar-refractivity contribution is 6.76. The van der Waals surface area contributed by atoms with Crippen molar-refractivity contribution in [2.75, 3.05) is 6.61 Å². The van der Waals surface area contributed by atoms with Crippen LogP contribution in [0, 0.1) is 11.3 Å². The van der Waals surface area contributed by atoms with Crippen LogP contribution in [0.4, 0.5) is 0 Å².